The van der Waals surface area contributed by atoms with E-state index in [4.69, 9.17) is 11.6 Å². The van der Waals surface area contributed by atoms with Gasteiger partial charge in [-0.05, 0) is 42.5 Å². The van der Waals surface area contributed by atoms with Crippen molar-refractivity contribution in [3.05, 3.63) is 56.7 Å². The molecule has 0 fully saturated rings. The maximum atomic E-state index is 12.2. The molecule has 0 saturated heterocycles. The molecule has 5 heteroatoms. The molecule has 0 radical (unpaired) electrons. The first kappa shape index (κ1) is 16.2. The van der Waals surface area contributed by atoms with Gasteiger partial charge in [0, 0.05) is 12.8 Å². The number of halogens is 1. The van der Waals surface area contributed by atoms with E-state index in [2.05, 4.69) is 17.4 Å². The van der Waals surface area contributed by atoms with Gasteiger partial charge in [-0.1, -0.05) is 35.9 Å². The summed E-state index contributed by atoms with van der Waals surface area (Å²) < 4.78 is 0.594. The monoisotopic (exact) mass is 347 g/mol. The van der Waals surface area contributed by atoms with Crippen LogP contribution in [0.4, 0.5) is 0 Å². The molecule has 0 aliphatic heterocycles. The fourth-order valence-electron chi connectivity index (χ4n) is 2.98. The smallest absolute Gasteiger partial charge is 0.220 e. The van der Waals surface area contributed by atoms with Gasteiger partial charge < -0.3 is 5.32 Å². The Labute approximate surface area is 144 Å². The van der Waals surface area contributed by atoms with E-state index in [9.17, 15) is 9.59 Å². The quantitative estimate of drug-likeness (QED) is 0.806. The first-order valence-corrected chi connectivity index (χ1v) is 8.98. The first-order chi connectivity index (χ1) is 11.1. The third kappa shape index (κ3) is 4.01. The maximum absolute atomic E-state index is 12.2. The molecule has 1 unspecified atom stereocenters. The average Bonchev–Trinajstić information content (AvgIpc) is 2.99. The molecule has 0 bridgehead atoms. The van der Waals surface area contributed by atoms with Gasteiger partial charge in [-0.3, -0.25) is 9.59 Å². The number of benzene rings is 1. The summed E-state index contributed by atoms with van der Waals surface area (Å²) in [6, 6.07) is 11.7. The highest BCUT2D eigenvalue weighted by atomic mass is 35.5. The lowest BCUT2D eigenvalue weighted by Gasteiger charge is -2.26. The molecule has 23 heavy (non-hydrogen) atoms. The van der Waals surface area contributed by atoms with Gasteiger partial charge in [0.2, 0.25) is 5.91 Å². The third-order valence-corrected chi connectivity index (χ3v) is 5.40. The van der Waals surface area contributed by atoms with Crippen molar-refractivity contribution in [2.24, 2.45) is 0 Å². The van der Waals surface area contributed by atoms with Crippen molar-refractivity contribution in [3.63, 3.8) is 0 Å². The molecule has 3 rings (SSSR count). The Bertz CT molecular complexity index is 725. The van der Waals surface area contributed by atoms with E-state index in [1.54, 1.807) is 12.1 Å². The number of nitrogens with one attached hydrogen (secondary N) is 1. The van der Waals surface area contributed by atoms with Crippen LogP contribution in [0, 0.1) is 0 Å². The molecular formula is C18H18ClNO2S. The Morgan fingerprint density at radius 2 is 2.00 bits per heavy atom. The van der Waals surface area contributed by atoms with Crippen molar-refractivity contribution in [1.82, 2.24) is 5.32 Å². The molecular weight excluding hydrogens is 330 g/mol. The summed E-state index contributed by atoms with van der Waals surface area (Å²) >= 11 is 7.09. The lowest BCUT2D eigenvalue weighted by atomic mass is 9.87. The fourth-order valence-corrected chi connectivity index (χ4v) is 4.00. The number of Topliss-reactive ketones (excluding diaryl/α,β-unsaturated/α-hetero) is 1. The SMILES string of the molecule is O=C(CCC(=O)c1ccc(Cl)s1)NC1CCCc2ccccc21. The normalized spacial score (nSPS) is 16.7. The van der Waals surface area contributed by atoms with Crippen molar-refractivity contribution in [3.8, 4) is 0 Å². The van der Waals surface area contributed by atoms with Crippen LogP contribution in [0.3, 0.4) is 0 Å². The van der Waals surface area contributed by atoms with Crippen LogP contribution in [0.2, 0.25) is 4.34 Å². The zero-order valence-electron chi connectivity index (χ0n) is 12.7. The topological polar surface area (TPSA) is 46.2 Å². The van der Waals surface area contributed by atoms with Crippen LogP contribution in [0.1, 0.15) is 52.5 Å². The number of aryl methyl sites for hydroxylation is 1. The van der Waals surface area contributed by atoms with Gasteiger partial charge in [-0.2, -0.15) is 0 Å². The summed E-state index contributed by atoms with van der Waals surface area (Å²) in [5.41, 5.74) is 2.52. The fraction of sp³-hybridized carbons (Fsp3) is 0.333. The van der Waals surface area contributed by atoms with E-state index >= 15 is 0 Å². The highest BCUT2D eigenvalue weighted by molar-refractivity contribution is 7.18. The number of carbonyl (C=O) groups excluding carboxylic acids is 2. The number of ketones is 1. The Hall–Kier alpha value is -1.65. The summed E-state index contributed by atoms with van der Waals surface area (Å²) in [6.07, 6.45) is 3.54. The second kappa shape index (κ2) is 7.28. The standard InChI is InChI=1S/C18H18ClNO2S/c19-17-10-9-16(23-17)15(21)8-11-18(22)20-14-7-3-5-12-4-1-2-6-13(12)14/h1-2,4,6,9-10,14H,3,5,7-8,11H2,(H,20,22). The van der Waals surface area contributed by atoms with E-state index in [1.165, 1.54) is 22.5 Å². The summed E-state index contributed by atoms with van der Waals surface area (Å²) in [4.78, 5) is 24.8. The zero-order chi connectivity index (χ0) is 16.2. The number of thiophene rings is 1. The van der Waals surface area contributed by atoms with Crippen LogP contribution in [-0.4, -0.2) is 11.7 Å². The number of hydrogen-bond acceptors (Lipinski definition) is 3. The largest absolute Gasteiger partial charge is 0.349 e. The Balaban J connectivity index is 1.55. The van der Waals surface area contributed by atoms with Crippen LogP contribution in [0.15, 0.2) is 36.4 Å². The number of rotatable bonds is 5. The molecule has 1 aliphatic carbocycles. The number of fused-ring (bicyclic) bond motifs is 1. The Morgan fingerprint density at radius 1 is 1.17 bits per heavy atom. The molecule has 2 aromatic rings. The minimum Gasteiger partial charge on any atom is -0.349 e. The van der Waals surface area contributed by atoms with Crippen molar-refractivity contribution < 1.29 is 9.59 Å². The molecule has 0 saturated carbocycles. The predicted molar refractivity (Wildman–Crippen MR) is 93.2 cm³/mol. The van der Waals surface area contributed by atoms with E-state index in [-0.39, 0.29) is 30.6 Å². The minimum atomic E-state index is -0.0669. The molecule has 1 aromatic carbocycles. The molecule has 1 aliphatic rings. The van der Waals surface area contributed by atoms with Gasteiger partial charge in [0.25, 0.3) is 0 Å². The summed E-state index contributed by atoms with van der Waals surface area (Å²) in [5.74, 6) is -0.0937. The highest BCUT2D eigenvalue weighted by Gasteiger charge is 2.21. The average molecular weight is 348 g/mol. The minimum absolute atomic E-state index is 0.0268. The van der Waals surface area contributed by atoms with Gasteiger partial charge >= 0.3 is 0 Å². The Kier molecular flexibility index (Phi) is 5.13. The van der Waals surface area contributed by atoms with Crippen molar-refractivity contribution in [1.29, 1.82) is 0 Å². The summed E-state index contributed by atoms with van der Waals surface area (Å²) in [7, 11) is 0. The number of amides is 1. The molecule has 1 amide bonds. The molecule has 1 aromatic heterocycles. The maximum Gasteiger partial charge on any atom is 0.220 e. The highest BCUT2D eigenvalue weighted by Crippen LogP contribution is 2.29. The van der Waals surface area contributed by atoms with E-state index < -0.39 is 0 Å². The second-order valence-corrected chi connectivity index (χ2v) is 7.45. The van der Waals surface area contributed by atoms with Gasteiger partial charge in [-0.15, -0.1) is 11.3 Å². The van der Waals surface area contributed by atoms with Crippen LogP contribution in [-0.2, 0) is 11.2 Å². The molecule has 1 heterocycles. The van der Waals surface area contributed by atoms with Crippen LogP contribution in [0.5, 0.6) is 0 Å². The van der Waals surface area contributed by atoms with E-state index in [1.807, 2.05) is 12.1 Å². The molecule has 0 spiro atoms. The van der Waals surface area contributed by atoms with Crippen molar-refractivity contribution in [2.75, 3.05) is 0 Å². The third-order valence-electron chi connectivity index (χ3n) is 4.13. The van der Waals surface area contributed by atoms with Crippen molar-refractivity contribution in [2.45, 2.75) is 38.1 Å². The number of carbonyl (C=O) groups is 2. The zero-order valence-corrected chi connectivity index (χ0v) is 14.3. The van der Waals surface area contributed by atoms with E-state index in [0.717, 1.165) is 19.3 Å². The second-order valence-electron chi connectivity index (χ2n) is 5.74. The van der Waals surface area contributed by atoms with Crippen LogP contribution in [0.25, 0.3) is 0 Å². The van der Waals surface area contributed by atoms with Gasteiger partial charge in [0.15, 0.2) is 5.78 Å². The van der Waals surface area contributed by atoms with Gasteiger partial charge in [-0.25, -0.2) is 0 Å². The molecule has 3 nitrogen and oxygen atoms in total. The van der Waals surface area contributed by atoms with Crippen LogP contribution >= 0.6 is 22.9 Å². The predicted octanol–water partition coefficient (Wildman–Crippen LogP) is 4.56. The van der Waals surface area contributed by atoms with E-state index in [0.29, 0.717) is 9.21 Å². The first-order valence-electron chi connectivity index (χ1n) is 7.79. The Morgan fingerprint density at radius 3 is 2.78 bits per heavy atom. The lowest BCUT2D eigenvalue weighted by Crippen LogP contribution is -2.31. The van der Waals surface area contributed by atoms with Gasteiger partial charge in [0.05, 0.1) is 15.3 Å². The van der Waals surface area contributed by atoms with Crippen molar-refractivity contribution >= 4 is 34.6 Å². The molecule has 120 valence electrons. The number of hydrogen-bond donors (Lipinski definition) is 1. The van der Waals surface area contributed by atoms with Crippen LogP contribution < -0.4 is 5.32 Å². The molecule has 1 N–H and O–H groups in total. The summed E-state index contributed by atoms with van der Waals surface area (Å²) in [5, 5.41) is 3.07. The van der Waals surface area contributed by atoms with Gasteiger partial charge in [0.1, 0.15) is 0 Å². The summed E-state index contributed by atoms with van der Waals surface area (Å²) in [6.45, 7) is 0. The molecule has 1 atom stereocenters. The lowest BCUT2D eigenvalue weighted by molar-refractivity contribution is -0.121.